The minimum absolute atomic E-state index is 0.242. The Kier molecular flexibility index (Phi) is 3.98. The molecular formula is C15H11N3O4S. The zero-order valence-corrected chi connectivity index (χ0v) is 12.8. The molecule has 3 rings (SSSR count). The molecule has 7 nitrogen and oxygen atoms in total. The van der Waals surface area contributed by atoms with Gasteiger partial charge in [0.25, 0.3) is 5.91 Å². The smallest absolute Gasteiger partial charge is 0.401 e. The zero-order chi connectivity index (χ0) is 16.4. The monoisotopic (exact) mass is 329 g/mol. The predicted octanol–water partition coefficient (Wildman–Crippen LogP) is 3.39. The van der Waals surface area contributed by atoms with Crippen molar-refractivity contribution in [1.82, 2.24) is 5.32 Å². The van der Waals surface area contributed by atoms with Crippen molar-refractivity contribution in [2.24, 2.45) is 4.99 Å². The molecule has 0 atom stereocenters. The molecule has 1 aromatic carbocycles. The van der Waals surface area contributed by atoms with Crippen LogP contribution in [0.25, 0.3) is 6.08 Å². The van der Waals surface area contributed by atoms with E-state index in [1.807, 2.05) is 31.2 Å². The van der Waals surface area contributed by atoms with Crippen molar-refractivity contribution in [3.63, 3.8) is 0 Å². The van der Waals surface area contributed by atoms with Crippen LogP contribution < -0.4 is 5.32 Å². The molecule has 0 bridgehead atoms. The number of hydrogen-bond donors (Lipinski definition) is 1. The van der Waals surface area contributed by atoms with Gasteiger partial charge in [0.2, 0.25) is 0 Å². The van der Waals surface area contributed by atoms with Crippen LogP contribution in [0.15, 0.2) is 50.7 Å². The number of nitrogens with one attached hydrogen (secondary N) is 1. The molecule has 0 spiro atoms. The molecule has 0 aliphatic carbocycles. The Morgan fingerprint density at radius 3 is 2.78 bits per heavy atom. The maximum absolute atomic E-state index is 11.9. The number of amides is 1. The number of aliphatic imine (C=N–C) groups is 1. The summed E-state index contributed by atoms with van der Waals surface area (Å²) < 4.78 is 5.02. The van der Waals surface area contributed by atoms with Crippen LogP contribution in [-0.4, -0.2) is 16.0 Å². The van der Waals surface area contributed by atoms with Crippen LogP contribution >= 0.6 is 11.8 Å². The van der Waals surface area contributed by atoms with E-state index in [9.17, 15) is 14.9 Å². The van der Waals surface area contributed by atoms with Gasteiger partial charge in [-0.25, -0.2) is 4.99 Å². The van der Waals surface area contributed by atoms with Crippen molar-refractivity contribution in [2.75, 3.05) is 0 Å². The van der Waals surface area contributed by atoms with E-state index in [1.54, 1.807) is 0 Å². The average molecular weight is 329 g/mol. The molecule has 8 heteroatoms. The number of carbonyl (C=O) groups excluding carboxylic acids is 1. The van der Waals surface area contributed by atoms with E-state index in [0.29, 0.717) is 10.1 Å². The topological polar surface area (TPSA) is 97.7 Å². The van der Waals surface area contributed by atoms with Gasteiger partial charge in [0.05, 0.1) is 16.7 Å². The molecule has 2 heterocycles. The second kappa shape index (κ2) is 6.09. The number of hydrogen-bond acceptors (Lipinski definition) is 6. The van der Waals surface area contributed by atoms with Crippen LogP contribution in [0.1, 0.15) is 11.3 Å². The van der Waals surface area contributed by atoms with Gasteiger partial charge in [0, 0.05) is 6.08 Å². The summed E-state index contributed by atoms with van der Waals surface area (Å²) in [5, 5.41) is 13.7. The van der Waals surface area contributed by atoms with Crippen molar-refractivity contribution in [3.8, 4) is 0 Å². The first-order valence-corrected chi connectivity index (χ1v) is 7.44. The molecular weight excluding hydrogens is 318 g/mol. The summed E-state index contributed by atoms with van der Waals surface area (Å²) in [4.78, 5) is 26.7. The Hall–Kier alpha value is -2.87. The van der Waals surface area contributed by atoms with Gasteiger partial charge < -0.3 is 9.73 Å². The standard InChI is InChI=1S/C15H11N3O4S/c1-9-4-2-3-5-11(9)16-15-17-14(19)12(23-15)8-10-6-7-13(22-10)18(20)21/h2-8H,1H3,(H,16,17,19). The Labute approximate surface area is 135 Å². The van der Waals surface area contributed by atoms with Gasteiger partial charge in [-0.05, 0) is 36.4 Å². The van der Waals surface area contributed by atoms with E-state index in [-0.39, 0.29) is 17.6 Å². The first-order chi connectivity index (χ1) is 11.0. The van der Waals surface area contributed by atoms with E-state index in [4.69, 9.17) is 4.42 Å². The van der Waals surface area contributed by atoms with Crippen molar-refractivity contribution < 1.29 is 14.1 Å². The molecule has 1 fully saturated rings. The molecule has 116 valence electrons. The highest BCUT2D eigenvalue weighted by Crippen LogP contribution is 2.29. The highest BCUT2D eigenvalue weighted by Gasteiger charge is 2.25. The minimum atomic E-state index is -0.630. The number of carbonyl (C=O) groups is 1. The van der Waals surface area contributed by atoms with E-state index in [2.05, 4.69) is 10.3 Å². The number of para-hydroxylation sites is 1. The van der Waals surface area contributed by atoms with Crippen LogP contribution in [0, 0.1) is 17.0 Å². The van der Waals surface area contributed by atoms with Crippen molar-refractivity contribution in [1.29, 1.82) is 0 Å². The van der Waals surface area contributed by atoms with Gasteiger partial charge in [-0.15, -0.1) is 0 Å². The van der Waals surface area contributed by atoms with E-state index in [0.717, 1.165) is 23.0 Å². The third-order valence-electron chi connectivity index (χ3n) is 3.05. The Balaban J connectivity index is 1.83. The maximum Gasteiger partial charge on any atom is 0.433 e. The van der Waals surface area contributed by atoms with Crippen LogP contribution in [0.3, 0.4) is 0 Å². The summed E-state index contributed by atoms with van der Waals surface area (Å²) in [6.07, 6.45) is 1.45. The van der Waals surface area contributed by atoms with Crippen molar-refractivity contribution >= 4 is 40.5 Å². The maximum atomic E-state index is 11.9. The number of furan rings is 1. The quantitative estimate of drug-likeness (QED) is 0.529. The molecule has 1 N–H and O–H groups in total. The molecule has 1 saturated heterocycles. The third kappa shape index (κ3) is 3.32. The molecule has 0 radical (unpaired) electrons. The summed E-state index contributed by atoms with van der Waals surface area (Å²) in [6, 6.07) is 10.2. The van der Waals surface area contributed by atoms with Crippen molar-refractivity contribution in [3.05, 3.63) is 62.7 Å². The molecule has 0 saturated carbocycles. The number of rotatable bonds is 3. The number of nitrogens with zero attached hydrogens (tertiary/aromatic N) is 2. The van der Waals surface area contributed by atoms with Crippen molar-refractivity contribution in [2.45, 2.75) is 6.92 Å². The molecule has 1 aromatic heterocycles. The molecule has 23 heavy (non-hydrogen) atoms. The molecule has 0 unspecified atom stereocenters. The lowest BCUT2D eigenvalue weighted by atomic mass is 10.2. The Bertz CT molecular complexity index is 854. The Morgan fingerprint density at radius 1 is 1.30 bits per heavy atom. The SMILES string of the molecule is Cc1ccccc1N=C1NC(=O)C(=Cc2ccc([N+](=O)[O-])o2)S1. The number of benzene rings is 1. The summed E-state index contributed by atoms with van der Waals surface area (Å²) in [5.74, 6) is -0.443. The van der Waals surface area contributed by atoms with Crippen LogP contribution in [0.2, 0.25) is 0 Å². The van der Waals surface area contributed by atoms with E-state index >= 15 is 0 Å². The fourth-order valence-corrected chi connectivity index (χ4v) is 2.74. The fraction of sp³-hybridized carbons (Fsp3) is 0.0667. The molecule has 1 amide bonds. The van der Waals surface area contributed by atoms with Crippen LogP contribution in [-0.2, 0) is 4.79 Å². The highest BCUT2D eigenvalue weighted by molar-refractivity contribution is 8.18. The average Bonchev–Trinajstić information content (AvgIpc) is 3.10. The summed E-state index contributed by atoms with van der Waals surface area (Å²) >= 11 is 1.16. The van der Waals surface area contributed by atoms with Gasteiger partial charge >= 0.3 is 5.88 Å². The summed E-state index contributed by atoms with van der Waals surface area (Å²) in [5.41, 5.74) is 1.76. The summed E-state index contributed by atoms with van der Waals surface area (Å²) in [7, 11) is 0. The van der Waals surface area contributed by atoms with E-state index in [1.165, 1.54) is 18.2 Å². The lowest BCUT2D eigenvalue weighted by molar-refractivity contribution is -0.402. The van der Waals surface area contributed by atoms with Crippen LogP contribution in [0.5, 0.6) is 0 Å². The lowest BCUT2D eigenvalue weighted by Crippen LogP contribution is -2.19. The van der Waals surface area contributed by atoms with Gasteiger partial charge in [0.1, 0.15) is 10.7 Å². The number of aryl methyl sites for hydroxylation is 1. The largest absolute Gasteiger partial charge is 0.433 e. The predicted molar refractivity (Wildman–Crippen MR) is 87.3 cm³/mol. The Morgan fingerprint density at radius 2 is 2.09 bits per heavy atom. The van der Waals surface area contributed by atoms with Crippen LogP contribution in [0.4, 0.5) is 11.6 Å². The first-order valence-electron chi connectivity index (χ1n) is 6.62. The summed E-state index contributed by atoms with van der Waals surface area (Å²) in [6.45, 7) is 1.93. The molecule has 1 aliphatic heterocycles. The van der Waals surface area contributed by atoms with Gasteiger partial charge in [-0.2, -0.15) is 0 Å². The second-order valence-corrected chi connectivity index (χ2v) is 5.73. The van der Waals surface area contributed by atoms with Gasteiger partial charge in [-0.3, -0.25) is 14.9 Å². The number of nitro groups is 1. The highest BCUT2D eigenvalue weighted by atomic mass is 32.2. The third-order valence-corrected chi connectivity index (χ3v) is 3.96. The molecule has 2 aromatic rings. The number of amidine groups is 1. The van der Waals surface area contributed by atoms with Gasteiger partial charge in [0.15, 0.2) is 5.17 Å². The van der Waals surface area contributed by atoms with Gasteiger partial charge in [-0.1, -0.05) is 18.2 Å². The lowest BCUT2D eigenvalue weighted by Gasteiger charge is -1.99. The first kappa shape index (κ1) is 15.0. The minimum Gasteiger partial charge on any atom is -0.401 e. The molecule has 1 aliphatic rings. The fourth-order valence-electron chi connectivity index (χ4n) is 1.93. The number of thioether (sulfide) groups is 1. The van der Waals surface area contributed by atoms with E-state index < -0.39 is 4.92 Å². The zero-order valence-electron chi connectivity index (χ0n) is 12.0. The second-order valence-electron chi connectivity index (χ2n) is 4.70. The normalized spacial score (nSPS) is 17.7.